The standard InChI is InChI=1S/C26H28N4O4/c1-17-21-16-27-30(19-9-6-5-7-10-19)26(32)25(21)18(2)29(17)14-8-11-24(31)28-22-15-20(33-3)12-13-23(22)34-4/h5-7,9-10,12-13,15-16H,8,11,14H2,1-4H3,(H,28,31). The van der Waals surface area contributed by atoms with Gasteiger partial charge in [0.25, 0.3) is 5.56 Å². The number of amides is 1. The number of carbonyl (C=O) groups excluding carboxylic acids is 1. The van der Waals surface area contributed by atoms with Crippen LogP contribution in [0.4, 0.5) is 5.69 Å². The largest absolute Gasteiger partial charge is 0.497 e. The summed E-state index contributed by atoms with van der Waals surface area (Å²) in [5, 5.41) is 8.77. The Hall–Kier alpha value is -4.07. The Kier molecular flexibility index (Phi) is 6.67. The molecule has 8 heteroatoms. The Morgan fingerprint density at radius 3 is 2.50 bits per heavy atom. The molecule has 34 heavy (non-hydrogen) atoms. The van der Waals surface area contributed by atoms with E-state index in [0.29, 0.717) is 42.0 Å². The van der Waals surface area contributed by atoms with E-state index < -0.39 is 0 Å². The average Bonchev–Trinajstić information content (AvgIpc) is 3.10. The van der Waals surface area contributed by atoms with E-state index in [-0.39, 0.29) is 11.5 Å². The van der Waals surface area contributed by atoms with E-state index in [1.807, 2.05) is 44.2 Å². The van der Waals surface area contributed by atoms with Crippen molar-refractivity contribution in [2.24, 2.45) is 0 Å². The third kappa shape index (κ3) is 4.39. The van der Waals surface area contributed by atoms with E-state index in [1.54, 1.807) is 38.6 Å². The summed E-state index contributed by atoms with van der Waals surface area (Å²) < 4.78 is 14.1. The predicted octanol–water partition coefficient (Wildman–Crippen LogP) is 4.24. The van der Waals surface area contributed by atoms with Gasteiger partial charge in [-0.2, -0.15) is 9.78 Å². The molecule has 1 amide bonds. The number of para-hydroxylation sites is 1. The van der Waals surface area contributed by atoms with Gasteiger partial charge < -0.3 is 19.4 Å². The summed E-state index contributed by atoms with van der Waals surface area (Å²) in [7, 11) is 3.13. The minimum Gasteiger partial charge on any atom is -0.497 e. The number of hydrogen-bond acceptors (Lipinski definition) is 5. The highest BCUT2D eigenvalue weighted by Crippen LogP contribution is 2.29. The number of nitrogens with one attached hydrogen (secondary N) is 1. The van der Waals surface area contributed by atoms with E-state index in [9.17, 15) is 9.59 Å². The molecular weight excluding hydrogens is 432 g/mol. The molecule has 176 valence electrons. The van der Waals surface area contributed by atoms with Crippen molar-refractivity contribution >= 4 is 22.4 Å². The number of methoxy groups -OCH3 is 2. The van der Waals surface area contributed by atoms with Crippen LogP contribution in [0.1, 0.15) is 24.2 Å². The molecule has 1 N–H and O–H groups in total. The molecule has 2 aromatic carbocycles. The minimum absolute atomic E-state index is 0.119. The van der Waals surface area contributed by atoms with Crippen molar-refractivity contribution in [3.63, 3.8) is 0 Å². The molecule has 0 radical (unpaired) electrons. The van der Waals surface area contributed by atoms with Crippen molar-refractivity contribution in [3.8, 4) is 17.2 Å². The van der Waals surface area contributed by atoms with Gasteiger partial charge in [-0.1, -0.05) is 18.2 Å². The van der Waals surface area contributed by atoms with E-state index >= 15 is 0 Å². The second-order valence-electron chi connectivity index (χ2n) is 8.03. The zero-order chi connectivity index (χ0) is 24.2. The molecule has 0 spiro atoms. The van der Waals surface area contributed by atoms with Crippen LogP contribution >= 0.6 is 0 Å². The smallest absolute Gasteiger partial charge is 0.281 e. The Morgan fingerprint density at radius 2 is 1.79 bits per heavy atom. The molecule has 2 aromatic heterocycles. The maximum atomic E-state index is 13.2. The molecule has 0 aliphatic rings. The first-order valence-corrected chi connectivity index (χ1v) is 11.1. The number of benzene rings is 2. The van der Waals surface area contributed by atoms with E-state index in [2.05, 4.69) is 15.0 Å². The van der Waals surface area contributed by atoms with Crippen molar-refractivity contribution in [3.05, 3.63) is 76.5 Å². The van der Waals surface area contributed by atoms with Crippen LogP contribution in [0.25, 0.3) is 16.5 Å². The molecule has 0 atom stereocenters. The summed E-state index contributed by atoms with van der Waals surface area (Å²) in [6.45, 7) is 4.53. The van der Waals surface area contributed by atoms with Gasteiger partial charge in [0.1, 0.15) is 11.5 Å². The fourth-order valence-corrected chi connectivity index (χ4v) is 4.22. The normalized spacial score (nSPS) is 10.9. The molecule has 8 nitrogen and oxygen atoms in total. The Labute approximate surface area is 197 Å². The molecule has 4 rings (SSSR count). The highest BCUT2D eigenvalue weighted by atomic mass is 16.5. The lowest BCUT2D eigenvalue weighted by Gasteiger charge is -2.12. The second-order valence-corrected chi connectivity index (χ2v) is 8.03. The minimum atomic E-state index is -0.147. The van der Waals surface area contributed by atoms with Crippen molar-refractivity contribution in [1.29, 1.82) is 0 Å². The quantitative estimate of drug-likeness (QED) is 0.425. The third-order valence-electron chi connectivity index (χ3n) is 6.01. The number of anilines is 1. The summed E-state index contributed by atoms with van der Waals surface area (Å²) in [4.78, 5) is 25.8. The summed E-state index contributed by atoms with van der Waals surface area (Å²) in [6, 6.07) is 14.6. The van der Waals surface area contributed by atoms with Crippen LogP contribution < -0.4 is 20.3 Å². The lowest BCUT2D eigenvalue weighted by Crippen LogP contribution is -2.21. The summed E-state index contributed by atoms with van der Waals surface area (Å²) in [5.41, 5.74) is 2.99. The molecule has 4 aromatic rings. The Morgan fingerprint density at radius 1 is 1.03 bits per heavy atom. The molecule has 2 heterocycles. The number of hydrogen-bond donors (Lipinski definition) is 1. The van der Waals surface area contributed by atoms with Crippen LogP contribution in [0.5, 0.6) is 11.5 Å². The van der Waals surface area contributed by atoms with Gasteiger partial charge in [-0.25, -0.2) is 0 Å². The van der Waals surface area contributed by atoms with Gasteiger partial charge in [-0.05, 0) is 44.5 Å². The van der Waals surface area contributed by atoms with Crippen molar-refractivity contribution < 1.29 is 14.3 Å². The van der Waals surface area contributed by atoms with Gasteiger partial charge in [0.05, 0.1) is 37.2 Å². The first-order chi connectivity index (χ1) is 16.4. The van der Waals surface area contributed by atoms with Crippen LogP contribution in [-0.2, 0) is 11.3 Å². The van der Waals surface area contributed by atoms with Gasteiger partial charge in [-0.15, -0.1) is 0 Å². The molecule has 0 fully saturated rings. The number of fused-ring (bicyclic) bond motifs is 1. The number of ether oxygens (including phenoxy) is 2. The van der Waals surface area contributed by atoms with Gasteiger partial charge in [-0.3, -0.25) is 9.59 Å². The predicted molar refractivity (Wildman–Crippen MR) is 132 cm³/mol. The molecular formula is C26H28N4O4. The zero-order valence-corrected chi connectivity index (χ0v) is 19.8. The van der Waals surface area contributed by atoms with E-state index in [1.165, 1.54) is 4.68 Å². The molecule has 0 aliphatic carbocycles. The van der Waals surface area contributed by atoms with Gasteiger partial charge in [0.2, 0.25) is 5.91 Å². The molecule has 0 saturated heterocycles. The van der Waals surface area contributed by atoms with E-state index in [4.69, 9.17) is 9.47 Å². The van der Waals surface area contributed by atoms with Crippen LogP contribution in [0.15, 0.2) is 59.5 Å². The third-order valence-corrected chi connectivity index (χ3v) is 6.01. The van der Waals surface area contributed by atoms with Crippen LogP contribution in [0, 0.1) is 13.8 Å². The van der Waals surface area contributed by atoms with Crippen molar-refractivity contribution in [2.45, 2.75) is 33.2 Å². The monoisotopic (exact) mass is 460 g/mol. The van der Waals surface area contributed by atoms with Crippen LogP contribution in [0.3, 0.4) is 0 Å². The first kappa shape index (κ1) is 23.1. The first-order valence-electron chi connectivity index (χ1n) is 11.1. The Balaban J connectivity index is 1.50. The van der Waals surface area contributed by atoms with Gasteiger partial charge >= 0.3 is 0 Å². The topological polar surface area (TPSA) is 87.4 Å². The molecule has 0 bridgehead atoms. The summed E-state index contributed by atoms with van der Waals surface area (Å²) in [6.07, 6.45) is 2.67. The maximum absolute atomic E-state index is 13.2. The molecule has 0 aliphatic heterocycles. The molecule has 0 unspecified atom stereocenters. The van der Waals surface area contributed by atoms with Crippen molar-refractivity contribution in [2.75, 3.05) is 19.5 Å². The number of aromatic nitrogens is 3. The van der Waals surface area contributed by atoms with Gasteiger partial charge in [0, 0.05) is 35.8 Å². The lowest BCUT2D eigenvalue weighted by molar-refractivity contribution is -0.116. The van der Waals surface area contributed by atoms with Crippen LogP contribution in [-0.4, -0.2) is 34.5 Å². The van der Waals surface area contributed by atoms with Crippen LogP contribution in [0.2, 0.25) is 0 Å². The van der Waals surface area contributed by atoms with Gasteiger partial charge in [0.15, 0.2) is 0 Å². The number of aryl methyl sites for hydroxylation is 2. The zero-order valence-electron chi connectivity index (χ0n) is 19.8. The summed E-state index contributed by atoms with van der Waals surface area (Å²) in [5.74, 6) is 1.09. The lowest BCUT2D eigenvalue weighted by atomic mass is 10.2. The SMILES string of the molecule is COc1ccc(OC)c(NC(=O)CCCn2c(C)c3cnn(-c4ccccc4)c(=O)c3c2C)c1. The highest BCUT2D eigenvalue weighted by Gasteiger charge is 2.17. The maximum Gasteiger partial charge on any atom is 0.281 e. The fraction of sp³-hybridized carbons (Fsp3) is 0.269. The number of carbonyl (C=O) groups is 1. The number of nitrogens with zero attached hydrogens (tertiary/aromatic N) is 3. The highest BCUT2D eigenvalue weighted by molar-refractivity contribution is 5.92. The number of rotatable bonds is 8. The second kappa shape index (κ2) is 9.82. The van der Waals surface area contributed by atoms with E-state index in [0.717, 1.165) is 22.5 Å². The van der Waals surface area contributed by atoms with Crippen molar-refractivity contribution in [1.82, 2.24) is 14.3 Å². The molecule has 0 saturated carbocycles. The average molecular weight is 461 g/mol. The summed E-state index contributed by atoms with van der Waals surface area (Å²) >= 11 is 0. The fourth-order valence-electron chi connectivity index (χ4n) is 4.22. The Bertz CT molecular complexity index is 1390.